The van der Waals surface area contributed by atoms with Crippen LogP contribution in [-0.4, -0.2) is 16.5 Å². The number of aromatic nitrogens is 2. The molecule has 0 amide bonds. The molecule has 1 aromatic heterocycles. The van der Waals surface area contributed by atoms with Gasteiger partial charge in [-0.25, -0.2) is 9.97 Å². The molecule has 4 nitrogen and oxygen atoms in total. The van der Waals surface area contributed by atoms with Gasteiger partial charge in [0.25, 0.3) is 0 Å². The summed E-state index contributed by atoms with van der Waals surface area (Å²) in [6, 6.07) is 7.57. The molecular formula is C15H18BrClN4. The lowest BCUT2D eigenvalue weighted by Crippen LogP contribution is -2.07. The van der Waals surface area contributed by atoms with Crippen molar-refractivity contribution >= 4 is 44.9 Å². The van der Waals surface area contributed by atoms with Gasteiger partial charge in [-0.1, -0.05) is 25.4 Å². The second-order valence-electron chi connectivity index (χ2n) is 4.94. The van der Waals surface area contributed by atoms with Gasteiger partial charge < -0.3 is 10.6 Å². The van der Waals surface area contributed by atoms with E-state index in [0.29, 0.717) is 5.02 Å². The largest absolute Gasteiger partial charge is 0.370 e. The lowest BCUT2D eigenvalue weighted by atomic mass is 10.2. The molecule has 112 valence electrons. The van der Waals surface area contributed by atoms with Crippen molar-refractivity contribution in [3.8, 4) is 0 Å². The summed E-state index contributed by atoms with van der Waals surface area (Å²) in [4.78, 5) is 9.06. The molecule has 2 N–H and O–H groups in total. The van der Waals surface area contributed by atoms with Crippen LogP contribution in [0.5, 0.6) is 0 Å². The third kappa shape index (κ3) is 4.32. The summed E-state index contributed by atoms with van der Waals surface area (Å²) in [5.74, 6) is 2.66. The fourth-order valence-corrected chi connectivity index (χ4v) is 2.28. The topological polar surface area (TPSA) is 49.8 Å². The summed E-state index contributed by atoms with van der Waals surface area (Å²) in [5.41, 5.74) is 0.919. The Morgan fingerprint density at radius 2 is 1.90 bits per heavy atom. The van der Waals surface area contributed by atoms with Crippen LogP contribution in [0.4, 0.5) is 17.3 Å². The molecular weight excluding hydrogens is 352 g/mol. The van der Waals surface area contributed by atoms with Gasteiger partial charge in [-0.15, -0.1) is 0 Å². The highest BCUT2D eigenvalue weighted by Crippen LogP contribution is 2.27. The van der Waals surface area contributed by atoms with Gasteiger partial charge in [0, 0.05) is 28.7 Å². The molecule has 0 atom stereocenters. The number of benzene rings is 1. The Morgan fingerprint density at radius 1 is 1.19 bits per heavy atom. The van der Waals surface area contributed by atoms with Crippen molar-refractivity contribution in [1.29, 1.82) is 0 Å². The first-order valence-corrected chi connectivity index (χ1v) is 8.01. The molecule has 2 rings (SSSR count). The average Bonchev–Trinajstić information content (AvgIpc) is 2.43. The first-order valence-electron chi connectivity index (χ1n) is 6.84. The van der Waals surface area contributed by atoms with E-state index in [2.05, 4.69) is 50.4 Å². The van der Waals surface area contributed by atoms with Gasteiger partial charge >= 0.3 is 0 Å². The molecule has 0 bridgehead atoms. The Balaban J connectivity index is 2.31. The minimum Gasteiger partial charge on any atom is -0.370 e. The third-order valence-electron chi connectivity index (χ3n) is 2.81. The molecule has 0 aliphatic carbocycles. The van der Waals surface area contributed by atoms with Crippen molar-refractivity contribution in [2.75, 3.05) is 17.2 Å². The van der Waals surface area contributed by atoms with E-state index in [1.807, 2.05) is 31.2 Å². The van der Waals surface area contributed by atoms with Gasteiger partial charge in [-0.05, 0) is 41.1 Å². The molecule has 0 aliphatic rings. The molecule has 0 spiro atoms. The van der Waals surface area contributed by atoms with E-state index in [9.17, 15) is 0 Å². The Morgan fingerprint density at radius 3 is 2.52 bits per heavy atom. The standard InChI is InChI=1S/C15H18BrClN4/c1-4-18-13-8-14(21-15(20-13)9(2)3)19-10-5-6-12(17)11(16)7-10/h5-9H,4H2,1-3H3,(H2,18,19,20,21). The number of hydrogen-bond acceptors (Lipinski definition) is 4. The number of anilines is 3. The van der Waals surface area contributed by atoms with Gasteiger partial charge in [0.2, 0.25) is 0 Å². The van der Waals surface area contributed by atoms with Crippen LogP contribution in [0.15, 0.2) is 28.7 Å². The highest BCUT2D eigenvalue weighted by atomic mass is 79.9. The summed E-state index contributed by atoms with van der Waals surface area (Å²) >= 11 is 9.43. The number of nitrogens with zero attached hydrogens (tertiary/aromatic N) is 2. The van der Waals surface area contributed by atoms with Crippen molar-refractivity contribution < 1.29 is 0 Å². The minimum atomic E-state index is 0.265. The minimum absolute atomic E-state index is 0.265. The monoisotopic (exact) mass is 368 g/mol. The van der Waals surface area contributed by atoms with E-state index in [0.717, 1.165) is 34.2 Å². The lowest BCUT2D eigenvalue weighted by molar-refractivity contribution is 0.777. The molecule has 0 saturated heterocycles. The van der Waals surface area contributed by atoms with Crippen LogP contribution in [0.25, 0.3) is 0 Å². The van der Waals surface area contributed by atoms with E-state index < -0.39 is 0 Å². The van der Waals surface area contributed by atoms with Crippen LogP contribution in [-0.2, 0) is 0 Å². The fraction of sp³-hybridized carbons (Fsp3) is 0.333. The Kier molecular flexibility index (Phi) is 5.42. The normalized spacial score (nSPS) is 10.8. The van der Waals surface area contributed by atoms with Crippen LogP contribution in [0.2, 0.25) is 5.02 Å². The second-order valence-corrected chi connectivity index (χ2v) is 6.20. The summed E-state index contributed by atoms with van der Waals surface area (Å²) in [6.45, 7) is 7.02. The molecule has 0 aliphatic heterocycles. The maximum Gasteiger partial charge on any atom is 0.136 e. The zero-order valence-corrected chi connectivity index (χ0v) is 14.6. The summed E-state index contributed by atoms with van der Waals surface area (Å²) in [5, 5.41) is 7.19. The predicted molar refractivity (Wildman–Crippen MR) is 92.7 cm³/mol. The number of nitrogens with one attached hydrogen (secondary N) is 2. The Labute approximate surface area is 138 Å². The molecule has 21 heavy (non-hydrogen) atoms. The third-order valence-corrected chi connectivity index (χ3v) is 4.02. The van der Waals surface area contributed by atoms with E-state index in [-0.39, 0.29) is 5.92 Å². The highest BCUT2D eigenvalue weighted by Gasteiger charge is 2.08. The first-order chi connectivity index (χ1) is 9.99. The van der Waals surface area contributed by atoms with Crippen LogP contribution in [0, 0.1) is 0 Å². The highest BCUT2D eigenvalue weighted by molar-refractivity contribution is 9.10. The number of rotatable bonds is 5. The van der Waals surface area contributed by atoms with Gasteiger partial charge in [0.05, 0.1) is 5.02 Å². The van der Waals surface area contributed by atoms with Crippen LogP contribution in [0.3, 0.4) is 0 Å². The molecule has 1 aromatic carbocycles. The van der Waals surface area contributed by atoms with Crippen LogP contribution in [0.1, 0.15) is 32.5 Å². The van der Waals surface area contributed by atoms with Crippen molar-refractivity contribution in [2.45, 2.75) is 26.7 Å². The number of halogens is 2. The Hall–Kier alpha value is -1.33. The molecule has 0 unspecified atom stereocenters. The fourth-order valence-electron chi connectivity index (χ4n) is 1.78. The van der Waals surface area contributed by atoms with Crippen molar-refractivity contribution in [1.82, 2.24) is 9.97 Å². The van der Waals surface area contributed by atoms with Gasteiger partial charge in [-0.3, -0.25) is 0 Å². The lowest BCUT2D eigenvalue weighted by Gasteiger charge is -2.12. The quantitative estimate of drug-likeness (QED) is 0.761. The predicted octanol–water partition coefficient (Wildman–Crippen LogP) is 5.19. The van der Waals surface area contributed by atoms with E-state index in [4.69, 9.17) is 11.6 Å². The zero-order valence-electron chi connectivity index (χ0n) is 12.2. The smallest absolute Gasteiger partial charge is 0.136 e. The van der Waals surface area contributed by atoms with Gasteiger partial charge in [0.15, 0.2) is 0 Å². The summed E-state index contributed by atoms with van der Waals surface area (Å²) in [6.07, 6.45) is 0. The van der Waals surface area contributed by atoms with Crippen LogP contribution < -0.4 is 10.6 Å². The van der Waals surface area contributed by atoms with Gasteiger partial charge in [0.1, 0.15) is 17.5 Å². The molecule has 0 fully saturated rings. The number of hydrogen-bond donors (Lipinski definition) is 2. The van der Waals surface area contributed by atoms with E-state index >= 15 is 0 Å². The van der Waals surface area contributed by atoms with Crippen LogP contribution >= 0.6 is 27.5 Å². The molecule has 0 radical (unpaired) electrons. The summed E-state index contributed by atoms with van der Waals surface area (Å²) < 4.78 is 0.846. The SMILES string of the molecule is CCNc1cc(Nc2ccc(Cl)c(Br)c2)nc(C(C)C)n1. The molecule has 2 aromatic rings. The molecule has 0 saturated carbocycles. The Bertz CT molecular complexity index is 631. The molecule has 6 heteroatoms. The first kappa shape index (κ1) is 16.0. The van der Waals surface area contributed by atoms with Crippen molar-refractivity contribution in [2.24, 2.45) is 0 Å². The second kappa shape index (κ2) is 7.09. The molecule has 1 heterocycles. The summed E-state index contributed by atoms with van der Waals surface area (Å²) in [7, 11) is 0. The van der Waals surface area contributed by atoms with E-state index in [1.54, 1.807) is 0 Å². The van der Waals surface area contributed by atoms with Crippen molar-refractivity contribution in [3.63, 3.8) is 0 Å². The van der Waals surface area contributed by atoms with Crippen molar-refractivity contribution in [3.05, 3.63) is 39.6 Å². The average molecular weight is 370 g/mol. The van der Waals surface area contributed by atoms with Gasteiger partial charge in [-0.2, -0.15) is 0 Å². The maximum atomic E-state index is 6.01. The van der Waals surface area contributed by atoms with E-state index in [1.165, 1.54) is 0 Å². The maximum absolute atomic E-state index is 6.01. The zero-order chi connectivity index (χ0) is 15.4.